The molecule has 0 aliphatic carbocycles. The number of likely N-dealkylation sites (tertiary alicyclic amines) is 2. The van der Waals surface area contributed by atoms with Crippen LogP contribution in [0.25, 0.3) is 6.08 Å². The summed E-state index contributed by atoms with van der Waals surface area (Å²) in [6.07, 6.45) is 2.27. The summed E-state index contributed by atoms with van der Waals surface area (Å²) in [7, 11) is 0. The summed E-state index contributed by atoms with van der Waals surface area (Å²) in [5, 5.41) is 0. The first-order valence-corrected chi connectivity index (χ1v) is 21.4. The summed E-state index contributed by atoms with van der Waals surface area (Å²) in [6, 6.07) is 6.37. The van der Waals surface area contributed by atoms with E-state index >= 15 is 0 Å². The summed E-state index contributed by atoms with van der Waals surface area (Å²) in [5.74, 6) is -2.34. The molecule has 15 nitrogen and oxygen atoms in total. The minimum absolute atomic E-state index is 0.133. The van der Waals surface area contributed by atoms with Gasteiger partial charge in [-0.05, 0) is 93.5 Å². The molecule has 0 unspecified atom stereocenters. The Kier molecular flexibility index (Phi) is 15.8. The van der Waals surface area contributed by atoms with E-state index in [0.29, 0.717) is 13.0 Å². The van der Waals surface area contributed by atoms with Gasteiger partial charge in [0.1, 0.15) is 18.3 Å². The van der Waals surface area contributed by atoms with Gasteiger partial charge in [-0.1, -0.05) is 44.2 Å². The lowest BCUT2D eigenvalue weighted by atomic mass is 9.78. The zero-order chi connectivity index (χ0) is 44.6. The molecule has 1 aromatic carbocycles. The van der Waals surface area contributed by atoms with E-state index < -0.39 is 60.2 Å². The molecule has 0 saturated carbocycles. The smallest absolute Gasteiger partial charge is 0.410 e. The third-order valence-electron chi connectivity index (χ3n) is 11.6. The molecule has 61 heavy (non-hydrogen) atoms. The molecule has 4 aliphatic heterocycles. The fourth-order valence-corrected chi connectivity index (χ4v) is 8.51. The molecule has 1 aromatic rings. The van der Waals surface area contributed by atoms with Crippen molar-refractivity contribution in [1.82, 2.24) is 9.80 Å². The van der Waals surface area contributed by atoms with Crippen molar-refractivity contribution in [3.05, 3.63) is 52.1 Å². The maximum Gasteiger partial charge on any atom is 0.410 e. The number of benzene rings is 1. The lowest BCUT2D eigenvalue weighted by Crippen LogP contribution is -2.63. The van der Waals surface area contributed by atoms with Crippen LogP contribution in [0.5, 0.6) is 0 Å². The highest BCUT2D eigenvalue weighted by Crippen LogP contribution is 2.41. The Labute approximate surface area is 360 Å². The van der Waals surface area contributed by atoms with E-state index in [9.17, 15) is 24.0 Å². The Balaban J connectivity index is 1.23. The number of hydrogen-bond acceptors (Lipinski definition) is 14. The van der Waals surface area contributed by atoms with Crippen molar-refractivity contribution in [2.24, 2.45) is 16.3 Å². The number of nitrogens with zero attached hydrogens (tertiary/aromatic N) is 3. The normalized spacial score (nSPS) is 24.2. The van der Waals surface area contributed by atoms with E-state index in [1.807, 2.05) is 25.7 Å². The highest BCUT2D eigenvalue weighted by atomic mass is 16.7. The topological polar surface area (TPSA) is 169 Å². The molecular weight excluding hydrogens is 787 g/mol. The van der Waals surface area contributed by atoms with Crippen molar-refractivity contribution in [2.75, 3.05) is 45.9 Å². The molecule has 5 rings (SSSR count). The number of amides is 1. The van der Waals surface area contributed by atoms with Crippen molar-refractivity contribution in [2.45, 2.75) is 138 Å². The number of aryl methyl sites for hydroxylation is 1. The Bertz CT molecular complexity index is 1870. The molecule has 1 amide bonds. The molecular formula is C46H65N3O12. The lowest BCUT2D eigenvalue weighted by molar-refractivity contribution is -0.291. The number of esters is 4. The molecule has 4 heterocycles. The fourth-order valence-electron chi connectivity index (χ4n) is 8.51. The van der Waals surface area contributed by atoms with Crippen LogP contribution >= 0.6 is 0 Å². The molecule has 3 saturated heterocycles. The zero-order valence-electron chi connectivity index (χ0n) is 37.6. The Hall–Kier alpha value is -4.76. The van der Waals surface area contributed by atoms with Crippen molar-refractivity contribution < 1.29 is 57.1 Å². The summed E-state index contributed by atoms with van der Waals surface area (Å²) < 4.78 is 40.2. The van der Waals surface area contributed by atoms with E-state index in [0.717, 1.165) is 86.2 Å². The first kappa shape index (κ1) is 47.3. The summed E-state index contributed by atoms with van der Waals surface area (Å²) in [5.41, 5.74) is 4.98. The van der Waals surface area contributed by atoms with E-state index in [1.54, 1.807) is 0 Å². The maximum atomic E-state index is 12.6. The standard InChI is InChI=1S/C46H65N3O12/c1-28(2)37-25-47-42(60-43-41(58-33(7)53)40(57-32(6)52)39(56-31(5)51)38(59-43)26-55-30(4)50)36(37)24-35-15-14-34(23-29(35)3)13-11-12-19-48-20-16-46(27-48)17-21-49(22-18-46)44(54)61-45(8,9)10/h11,13-15,23,28,38-41,43H,12,16-22,24-27H2,1-10H3/b13-11+/t38-,39-,40+,41-,43+/m1/s1. The van der Waals surface area contributed by atoms with Crippen LogP contribution < -0.4 is 0 Å². The minimum Gasteiger partial charge on any atom is -0.463 e. The molecule has 0 radical (unpaired) electrons. The third kappa shape index (κ3) is 13.1. The molecule has 5 atom stereocenters. The largest absolute Gasteiger partial charge is 0.463 e. The quantitative estimate of drug-likeness (QED) is 0.164. The second-order valence-electron chi connectivity index (χ2n) is 18.0. The van der Waals surface area contributed by atoms with Crippen LogP contribution in [0.4, 0.5) is 4.79 Å². The number of rotatable bonds is 13. The molecule has 3 fully saturated rings. The molecule has 0 bridgehead atoms. The van der Waals surface area contributed by atoms with Gasteiger partial charge in [-0.25, -0.2) is 9.79 Å². The number of hydrogen-bond donors (Lipinski definition) is 0. The molecule has 4 aliphatic rings. The minimum atomic E-state index is -1.38. The van der Waals surface area contributed by atoms with Crippen LogP contribution in [-0.2, 0) is 58.8 Å². The fraction of sp³-hybridized carbons (Fsp3) is 0.652. The number of piperidine rings is 1. The van der Waals surface area contributed by atoms with Gasteiger partial charge in [-0.2, -0.15) is 0 Å². The van der Waals surface area contributed by atoms with Crippen molar-refractivity contribution >= 4 is 41.9 Å². The molecule has 15 heteroatoms. The van der Waals surface area contributed by atoms with Gasteiger partial charge in [0, 0.05) is 65.9 Å². The predicted molar refractivity (Wildman–Crippen MR) is 226 cm³/mol. The second-order valence-corrected chi connectivity index (χ2v) is 18.0. The van der Waals surface area contributed by atoms with E-state index in [2.05, 4.69) is 56.0 Å². The summed E-state index contributed by atoms with van der Waals surface area (Å²) in [6.45, 7) is 21.3. The number of carbonyl (C=O) groups is 5. The molecule has 1 spiro atoms. The predicted octanol–water partition coefficient (Wildman–Crippen LogP) is 6.13. The van der Waals surface area contributed by atoms with Gasteiger partial charge in [-0.3, -0.25) is 19.2 Å². The number of carbonyl (C=O) groups excluding carboxylic acids is 5. The van der Waals surface area contributed by atoms with Crippen molar-refractivity contribution in [1.29, 1.82) is 0 Å². The van der Waals surface area contributed by atoms with Gasteiger partial charge in [0.2, 0.25) is 18.3 Å². The Morgan fingerprint density at radius 2 is 1.54 bits per heavy atom. The molecule has 0 N–H and O–H groups in total. The average molecular weight is 852 g/mol. The number of ether oxygens (including phenoxy) is 7. The van der Waals surface area contributed by atoms with Gasteiger partial charge in [0.25, 0.3) is 0 Å². The first-order valence-electron chi connectivity index (χ1n) is 21.4. The maximum absolute atomic E-state index is 12.6. The first-order chi connectivity index (χ1) is 28.7. The van der Waals surface area contributed by atoms with Crippen molar-refractivity contribution in [3.63, 3.8) is 0 Å². The van der Waals surface area contributed by atoms with Gasteiger partial charge in [0.15, 0.2) is 12.2 Å². The van der Waals surface area contributed by atoms with Crippen LogP contribution in [0.15, 0.2) is 40.4 Å². The van der Waals surface area contributed by atoms with E-state index in [-0.39, 0.29) is 29.9 Å². The van der Waals surface area contributed by atoms with Gasteiger partial charge in [-0.15, -0.1) is 0 Å². The van der Waals surface area contributed by atoms with Gasteiger partial charge >= 0.3 is 30.0 Å². The summed E-state index contributed by atoms with van der Waals surface area (Å²) in [4.78, 5) is 70.5. The summed E-state index contributed by atoms with van der Waals surface area (Å²) >= 11 is 0. The monoisotopic (exact) mass is 851 g/mol. The van der Waals surface area contributed by atoms with Crippen LogP contribution in [0, 0.1) is 18.3 Å². The van der Waals surface area contributed by atoms with Gasteiger partial charge < -0.3 is 43.0 Å². The Morgan fingerprint density at radius 1 is 0.902 bits per heavy atom. The molecule has 336 valence electrons. The zero-order valence-corrected chi connectivity index (χ0v) is 37.6. The van der Waals surface area contributed by atoms with Crippen LogP contribution in [-0.4, -0.2) is 128 Å². The SMILES string of the molecule is CC(=O)OC[C@H]1O[C@@H](OC2=NCC(C(C)C)=C2Cc2ccc(/C=C/CCN3CCC4(CCN(C(=O)OC(C)(C)C)CC4)C3)cc2C)[C@H](OC(C)=O)[C@@H](OC(C)=O)[C@@H]1OC(C)=O. The van der Waals surface area contributed by atoms with Gasteiger partial charge in [0.05, 0.1) is 6.54 Å². The Morgan fingerprint density at radius 3 is 2.15 bits per heavy atom. The molecule has 0 aromatic heterocycles. The highest BCUT2D eigenvalue weighted by Gasteiger charge is 2.54. The number of aliphatic imine (C=N–C) groups is 1. The third-order valence-corrected chi connectivity index (χ3v) is 11.6. The lowest BCUT2D eigenvalue weighted by Gasteiger charge is -2.43. The second kappa shape index (κ2) is 20.4. The van der Waals surface area contributed by atoms with Crippen LogP contribution in [0.2, 0.25) is 0 Å². The average Bonchev–Trinajstić information content (AvgIpc) is 3.75. The van der Waals surface area contributed by atoms with Crippen LogP contribution in [0.1, 0.15) is 105 Å². The van der Waals surface area contributed by atoms with E-state index in [1.165, 1.54) is 27.7 Å². The van der Waals surface area contributed by atoms with Crippen LogP contribution in [0.3, 0.4) is 0 Å². The highest BCUT2D eigenvalue weighted by molar-refractivity contribution is 5.97. The van der Waals surface area contributed by atoms with Crippen molar-refractivity contribution in [3.8, 4) is 0 Å². The van der Waals surface area contributed by atoms with E-state index in [4.69, 9.17) is 38.2 Å².